The largest absolute Gasteiger partial charge is 0.479 e. The van der Waals surface area contributed by atoms with Gasteiger partial charge in [0.1, 0.15) is 22.8 Å². The Morgan fingerprint density at radius 1 is 1.19 bits per heavy atom. The van der Waals surface area contributed by atoms with E-state index in [2.05, 4.69) is 31.5 Å². The van der Waals surface area contributed by atoms with E-state index in [0.29, 0.717) is 46.9 Å². The lowest BCUT2D eigenvalue weighted by atomic mass is 9.84. The van der Waals surface area contributed by atoms with Gasteiger partial charge >= 0.3 is 0 Å². The molecule has 0 aromatic carbocycles. The summed E-state index contributed by atoms with van der Waals surface area (Å²) in [5, 5.41) is 33.4. The van der Waals surface area contributed by atoms with Gasteiger partial charge in [-0.3, -0.25) is 14.8 Å². The smallest absolute Gasteiger partial charge is 0.180 e. The fraction of sp³-hybridized carbons (Fsp3) is 0.464. The molecular formula is C28H29ClFN9O3. The van der Waals surface area contributed by atoms with Crippen molar-refractivity contribution in [3.63, 3.8) is 0 Å². The maximum atomic E-state index is 13.4. The summed E-state index contributed by atoms with van der Waals surface area (Å²) in [4.78, 5) is 8.48. The van der Waals surface area contributed by atoms with Crippen LogP contribution in [-0.2, 0) is 4.74 Å². The van der Waals surface area contributed by atoms with Crippen molar-refractivity contribution in [3.8, 4) is 23.2 Å². The molecule has 0 amide bonds. The Morgan fingerprint density at radius 2 is 1.98 bits per heavy atom. The highest BCUT2D eigenvalue weighted by atomic mass is 35.5. The van der Waals surface area contributed by atoms with E-state index in [4.69, 9.17) is 21.1 Å². The van der Waals surface area contributed by atoms with Crippen LogP contribution in [0.25, 0.3) is 16.8 Å². The standard InChI is InChI=1S/C28H29ClFN9O3/c1-16-27(34-35-39(16)20-5-19(6-20)36-10-21-13-41-14-22(11-36)37(21)15-31)17-4-25(28-23(29)8-33-38(28)9-17)42-26(12-40)24-3-2-18(30)7-32-24/h2-4,7-9,19-22,26,40H,5-6,10-14H2,1H3. The van der Waals surface area contributed by atoms with Crippen LogP contribution in [0, 0.1) is 24.2 Å². The van der Waals surface area contributed by atoms with Gasteiger partial charge in [-0.2, -0.15) is 10.4 Å². The first-order chi connectivity index (χ1) is 20.4. The van der Waals surface area contributed by atoms with E-state index in [-0.39, 0.29) is 24.7 Å². The van der Waals surface area contributed by atoms with Gasteiger partial charge in [-0.1, -0.05) is 16.8 Å². The third kappa shape index (κ3) is 4.64. The molecule has 14 heteroatoms. The van der Waals surface area contributed by atoms with Crippen molar-refractivity contribution in [2.45, 2.75) is 50.0 Å². The van der Waals surface area contributed by atoms with Gasteiger partial charge in [0, 0.05) is 30.9 Å². The lowest BCUT2D eigenvalue weighted by molar-refractivity contribution is -0.0923. The summed E-state index contributed by atoms with van der Waals surface area (Å²) < 4.78 is 28.9. The predicted octanol–water partition coefficient (Wildman–Crippen LogP) is 2.77. The van der Waals surface area contributed by atoms with E-state index in [9.17, 15) is 14.8 Å². The van der Waals surface area contributed by atoms with Crippen LogP contribution < -0.4 is 4.74 Å². The highest BCUT2D eigenvalue weighted by Gasteiger charge is 2.44. The molecule has 4 aromatic heterocycles. The Balaban J connectivity index is 1.11. The molecule has 1 N–H and O–H groups in total. The van der Waals surface area contributed by atoms with Crippen molar-refractivity contribution >= 4 is 17.1 Å². The summed E-state index contributed by atoms with van der Waals surface area (Å²) in [6, 6.07) is 5.44. The van der Waals surface area contributed by atoms with Crippen LogP contribution >= 0.6 is 11.6 Å². The number of ether oxygens (including phenoxy) is 2. The van der Waals surface area contributed by atoms with Crippen LogP contribution in [-0.4, -0.2) is 95.5 Å². The topological polar surface area (TPSA) is 130 Å². The van der Waals surface area contributed by atoms with Gasteiger partial charge in [-0.15, -0.1) is 5.10 Å². The zero-order valence-corrected chi connectivity index (χ0v) is 23.6. The SMILES string of the molecule is Cc1c(-c2cc(OC(CO)c3ccc(F)cn3)c3c(Cl)cnn3c2)nnn1C1CC(N2CC3COCC(C2)N3C#N)C1. The molecular weight excluding hydrogens is 565 g/mol. The highest BCUT2D eigenvalue weighted by molar-refractivity contribution is 6.34. The lowest BCUT2D eigenvalue weighted by Crippen LogP contribution is -2.65. The third-order valence-corrected chi connectivity index (χ3v) is 8.89. The average Bonchev–Trinajstić information content (AvgIpc) is 3.53. The molecule has 1 aliphatic carbocycles. The Morgan fingerprint density at radius 3 is 2.67 bits per heavy atom. The fourth-order valence-electron chi connectivity index (χ4n) is 6.36. The second-order valence-electron chi connectivity index (χ2n) is 11.1. The van der Waals surface area contributed by atoms with Crippen molar-refractivity contribution < 1.29 is 19.0 Å². The minimum Gasteiger partial charge on any atom is -0.479 e. The molecule has 1 saturated carbocycles. The number of aromatic nitrogens is 6. The minimum atomic E-state index is -0.847. The maximum Gasteiger partial charge on any atom is 0.180 e. The quantitative estimate of drug-likeness (QED) is 0.319. The number of hydrogen-bond donors (Lipinski definition) is 1. The number of hydrogen-bond acceptors (Lipinski definition) is 10. The van der Waals surface area contributed by atoms with Crippen molar-refractivity contribution in [2.24, 2.45) is 0 Å². The number of aliphatic hydroxyl groups is 1. The number of fused-ring (bicyclic) bond motifs is 3. The molecule has 218 valence electrons. The number of rotatable bonds is 7. The van der Waals surface area contributed by atoms with E-state index in [0.717, 1.165) is 43.4 Å². The van der Waals surface area contributed by atoms with Crippen molar-refractivity contribution in [1.82, 2.24) is 39.4 Å². The second kappa shape index (κ2) is 10.8. The first-order valence-corrected chi connectivity index (χ1v) is 14.3. The molecule has 4 aromatic rings. The van der Waals surface area contributed by atoms with E-state index < -0.39 is 11.9 Å². The number of morpholine rings is 1. The van der Waals surface area contributed by atoms with Crippen LogP contribution in [0.3, 0.4) is 0 Å². The number of nitrogens with zero attached hydrogens (tertiary/aromatic N) is 9. The summed E-state index contributed by atoms with van der Waals surface area (Å²) in [6.07, 6.45) is 7.85. The molecule has 0 radical (unpaired) electrons. The van der Waals surface area contributed by atoms with Crippen LogP contribution in [0.2, 0.25) is 5.02 Å². The van der Waals surface area contributed by atoms with Gasteiger partial charge in [0.05, 0.1) is 66.8 Å². The lowest BCUT2D eigenvalue weighted by Gasteiger charge is -2.52. The second-order valence-corrected chi connectivity index (χ2v) is 11.5. The zero-order chi connectivity index (χ0) is 29.0. The number of nitriles is 1. The predicted molar refractivity (Wildman–Crippen MR) is 148 cm³/mol. The van der Waals surface area contributed by atoms with E-state index >= 15 is 0 Å². The molecule has 2 aliphatic heterocycles. The van der Waals surface area contributed by atoms with E-state index in [1.807, 2.05) is 22.7 Å². The van der Waals surface area contributed by atoms with Crippen LogP contribution in [0.15, 0.2) is 36.8 Å². The Hall–Kier alpha value is -3.83. The Bertz CT molecular complexity index is 1630. The van der Waals surface area contributed by atoms with Crippen LogP contribution in [0.5, 0.6) is 5.75 Å². The van der Waals surface area contributed by atoms with Crippen LogP contribution in [0.4, 0.5) is 4.39 Å². The van der Waals surface area contributed by atoms with Gasteiger partial charge in [-0.05, 0) is 38.0 Å². The fourth-order valence-corrected chi connectivity index (χ4v) is 6.58. The molecule has 3 atom stereocenters. The van der Waals surface area contributed by atoms with Gasteiger partial charge in [0.15, 0.2) is 12.3 Å². The van der Waals surface area contributed by atoms with Gasteiger partial charge in [0.2, 0.25) is 0 Å². The monoisotopic (exact) mass is 593 g/mol. The summed E-state index contributed by atoms with van der Waals surface area (Å²) in [7, 11) is 0. The van der Waals surface area contributed by atoms with Crippen LogP contribution in [0.1, 0.15) is 36.4 Å². The molecule has 0 spiro atoms. The Labute approximate surface area is 245 Å². The zero-order valence-electron chi connectivity index (χ0n) is 22.8. The summed E-state index contributed by atoms with van der Waals surface area (Å²) in [6.45, 7) is 4.48. The minimum absolute atomic E-state index is 0.118. The maximum absolute atomic E-state index is 13.4. The van der Waals surface area contributed by atoms with E-state index in [1.165, 1.54) is 18.3 Å². The molecule has 3 unspecified atom stereocenters. The third-order valence-electron chi connectivity index (χ3n) is 8.61. The molecule has 2 bridgehead atoms. The summed E-state index contributed by atoms with van der Waals surface area (Å²) in [5.41, 5.74) is 3.23. The van der Waals surface area contributed by atoms with Gasteiger partial charge < -0.3 is 14.6 Å². The number of pyridine rings is 2. The normalized spacial score (nSPS) is 24.8. The summed E-state index contributed by atoms with van der Waals surface area (Å²) in [5.74, 6) is -0.0994. The first-order valence-electron chi connectivity index (χ1n) is 13.9. The molecule has 3 fully saturated rings. The highest BCUT2D eigenvalue weighted by Crippen LogP contribution is 2.40. The van der Waals surface area contributed by atoms with Gasteiger partial charge in [-0.25, -0.2) is 13.6 Å². The summed E-state index contributed by atoms with van der Waals surface area (Å²) >= 11 is 6.45. The number of piperazine rings is 1. The van der Waals surface area contributed by atoms with Crippen molar-refractivity contribution in [1.29, 1.82) is 5.26 Å². The Kier molecular flexibility index (Phi) is 6.94. The molecule has 42 heavy (non-hydrogen) atoms. The number of aliphatic hydroxyl groups excluding tert-OH is 1. The van der Waals surface area contributed by atoms with Gasteiger partial charge in [0.25, 0.3) is 0 Å². The molecule has 3 aliphatic rings. The molecule has 7 rings (SSSR count). The van der Waals surface area contributed by atoms with Crippen molar-refractivity contribution in [2.75, 3.05) is 32.9 Å². The van der Waals surface area contributed by atoms with Crippen molar-refractivity contribution in [3.05, 3.63) is 59.0 Å². The number of halogens is 2. The molecule has 6 heterocycles. The van der Waals surface area contributed by atoms with E-state index in [1.54, 1.807) is 10.6 Å². The first kappa shape index (κ1) is 27.0. The average molecular weight is 594 g/mol. The molecule has 2 saturated heterocycles. The molecule has 12 nitrogen and oxygen atoms in total.